The maximum Gasteiger partial charge on any atom is 0.350 e. The Morgan fingerprint density at radius 1 is 1.21 bits per heavy atom. The Morgan fingerprint density at radius 3 is 2.74 bits per heavy atom. The molecule has 5 rings (SSSR count). The first kappa shape index (κ1) is 26.6. The molecule has 39 heavy (non-hydrogen) atoms. The minimum atomic E-state index is -0.939. The molecule has 1 amide bonds. The molecule has 0 bridgehead atoms. The van der Waals surface area contributed by atoms with E-state index >= 15 is 0 Å². The number of hydrogen-bond acceptors (Lipinski definition) is 8. The number of aryl methyl sites for hydroxylation is 1. The quantitative estimate of drug-likeness (QED) is 0.246. The summed E-state index contributed by atoms with van der Waals surface area (Å²) in [5.41, 5.74) is 0.632. The van der Waals surface area contributed by atoms with Crippen LogP contribution in [0.2, 0.25) is 0 Å². The molecule has 4 aromatic rings. The topological polar surface area (TPSA) is 98.9 Å². The van der Waals surface area contributed by atoms with Gasteiger partial charge in [0.05, 0.1) is 35.9 Å². The van der Waals surface area contributed by atoms with Crippen LogP contribution in [0, 0.1) is 18.7 Å². The number of halogens is 1. The van der Waals surface area contributed by atoms with Crippen molar-refractivity contribution in [3.05, 3.63) is 86.0 Å². The van der Waals surface area contributed by atoms with Crippen molar-refractivity contribution in [1.82, 2.24) is 4.98 Å². The van der Waals surface area contributed by atoms with Gasteiger partial charge in [0.2, 0.25) is 5.76 Å². The zero-order valence-electron chi connectivity index (χ0n) is 21.9. The van der Waals surface area contributed by atoms with E-state index in [4.69, 9.17) is 13.9 Å². The van der Waals surface area contributed by atoms with Gasteiger partial charge in [-0.2, -0.15) is 0 Å². The Kier molecular flexibility index (Phi) is 7.22. The number of thiazole rings is 1. The molecule has 3 heterocycles. The number of fused-ring (bicyclic) bond motifs is 2. The lowest BCUT2D eigenvalue weighted by atomic mass is 9.98. The van der Waals surface area contributed by atoms with Gasteiger partial charge in [-0.1, -0.05) is 37.3 Å². The Balaban J connectivity index is 1.68. The maximum absolute atomic E-state index is 14.1. The van der Waals surface area contributed by atoms with Crippen LogP contribution in [-0.4, -0.2) is 30.1 Å². The molecule has 2 aromatic carbocycles. The molecule has 10 heteroatoms. The largest absolute Gasteiger partial charge is 0.494 e. The lowest BCUT2D eigenvalue weighted by Crippen LogP contribution is -2.29. The van der Waals surface area contributed by atoms with Crippen molar-refractivity contribution < 1.29 is 27.9 Å². The summed E-state index contributed by atoms with van der Waals surface area (Å²) >= 11 is 0.996. The van der Waals surface area contributed by atoms with Crippen molar-refractivity contribution in [3.8, 4) is 5.75 Å². The van der Waals surface area contributed by atoms with Gasteiger partial charge in [0.1, 0.15) is 22.0 Å². The average Bonchev–Trinajstić information content (AvgIpc) is 3.42. The fraction of sp³-hybridized carbons (Fsp3) is 0.310. The molecule has 1 unspecified atom stereocenters. The van der Waals surface area contributed by atoms with E-state index < -0.39 is 29.2 Å². The number of rotatable bonds is 8. The average molecular weight is 551 g/mol. The van der Waals surface area contributed by atoms with Crippen molar-refractivity contribution in [2.75, 3.05) is 18.1 Å². The number of aromatic nitrogens is 1. The summed E-state index contributed by atoms with van der Waals surface area (Å²) in [6.45, 7) is 8.25. The van der Waals surface area contributed by atoms with Crippen LogP contribution in [0.25, 0.3) is 11.0 Å². The smallest absolute Gasteiger partial charge is 0.350 e. The van der Waals surface area contributed by atoms with Crippen LogP contribution in [0.1, 0.15) is 70.3 Å². The number of carbonyl (C=O) groups is 2. The van der Waals surface area contributed by atoms with Gasteiger partial charge in [-0.3, -0.25) is 14.5 Å². The number of amides is 1. The molecule has 0 radical (unpaired) electrons. The zero-order valence-corrected chi connectivity index (χ0v) is 22.8. The fourth-order valence-corrected chi connectivity index (χ4v) is 5.50. The van der Waals surface area contributed by atoms with Gasteiger partial charge in [0.15, 0.2) is 10.6 Å². The number of hydrogen-bond donors (Lipinski definition) is 0. The molecular formula is C29H27FN2O6S. The van der Waals surface area contributed by atoms with E-state index in [9.17, 15) is 18.8 Å². The van der Waals surface area contributed by atoms with Crippen molar-refractivity contribution in [2.45, 2.75) is 40.2 Å². The number of anilines is 1. The Morgan fingerprint density at radius 2 is 2.00 bits per heavy atom. The van der Waals surface area contributed by atoms with Gasteiger partial charge in [0.25, 0.3) is 5.91 Å². The lowest BCUT2D eigenvalue weighted by Gasteiger charge is -2.23. The summed E-state index contributed by atoms with van der Waals surface area (Å²) < 4.78 is 31.1. The van der Waals surface area contributed by atoms with Crippen LogP contribution in [0.15, 0.2) is 51.7 Å². The monoisotopic (exact) mass is 550 g/mol. The molecule has 0 saturated carbocycles. The Bertz CT molecular complexity index is 1640. The molecule has 1 atom stereocenters. The number of esters is 1. The Hall–Kier alpha value is -4.05. The normalized spacial score (nSPS) is 14.8. The van der Waals surface area contributed by atoms with Crippen LogP contribution in [0.3, 0.4) is 0 Å². The summed E-state index contributed by atoms with van der Waals surface area (Å²) in [7, 11) is 0. The van der Waals surface area contributed by atoms with Crippen LogP contribution in [-0.2, 0) is 4.74 Å². The van der Waals surface area contributed by atoms with Crippen molar-refractivity contribution >= 4 is 39.3 Å². The maximum atomic E-state index is 14.1. The lowest BCUT2D eigenvalue weighted by molar-refractivity contribution is 0.0531. The van der Waals surface area contributed by atoms with Gasteiger partial charge in [0, 0.05) is 0 Å². The highest BCUT2D eigenvalue weighted by atomic mass is 32.1. The second-order valence-electron chi connectivity index (χ2n) is 9.63. The van der Waals surface area contributed by atoms with Gasteiger partial charge in [-0.15, -0.1) is 0 Å². The number of carbonyl (C=O) groups excluding carboxylic acids is 2. The molecule has 2 aromatic heterocycles. The highest BCUT2D eigenvalue weighted by molar-refractivity contribution is 7.17. The predicted molar refractivity (Wildman–Crippen MR) is 145 cm³/mol. The molecule has 0 fully saturated rings. The van der Waals surface area contributed by atoms with Crippen molar-refractivity contribution in [3.63, 3.8) is 0 Å². The fourth-order valence-electron chi connectivity index (χ4n) is 4.52. The molecule has 1 aliphatic rings. The molecule has 0 spiro atoms. The zero-order chi connectivity index (χ0) is 27.8. The van der Waals surface area contributed by atoms with Gasteiger partial charge in [-0.25, -0.2) is 14.2 Å². The highest BCUT2D eigenvalue weighted by Crippen LogP contribution is 2.43. The van der Waals surface area contributed by atoms with E-state index in [1.165, 1.54) is 17.0 Å². The van der Waals surface area contributed by atoms with Crippen LogP contribution < -0.4 is 15.1 Å². The summed E-state index contributed by atoms with van der Waals surface area (Å²) in [5.74, 6) is -0.844. The first-order chi connectivity index (χ1) is 18.7. The second-order valence-corrected chi connectivity index (χ2v) is 10.6. The van der Waals surface area contributed by atoms with E-state index in [-0.39, 0.29) is 38.9 Å². The second kappa shape index (κ2) is 10.6. The first-order valence-corrected chi connectivity index (χ1v) is 13.5. The molecule has 0 saturated heterocycles. The summed E-state index contributed by atoms with van der Waals surface area (Å²) in [6, 6.07) is 9.78. The SMILES string of the molecule is CCOC(=O)c1sc(N2C(=O)c3oc4ccc(F)cc4c(=O)c3C2c2cccc(OCCC(C)C)c2)nc1C. The molecule has 8 nitrogen and oxygen atoms in total. The minimum Gasteiger partial charge on any atom is -0.494 e. The standard InChI is InChI=1S/C29H27FN2O6S/c1-5-36-28(35)26-16(4)31-29(39-26)32-23(17-7-6-8-19(13-17)37-12-11-15(2)3)22-24(33)20-14-18(30)9-10-21(20)38-25(22)27(32)34/h6-10,13-15,23H,5,11-12H2,1-4H3. The van der Waals surface area contributed by atoms with Crippen LogP contribution in [0.4, 0.5) is 9.52 Å². The van der Waals surface area contributed by atoms with E-state index in [0.717, 1.165) is 23.8 Å². The van der Waals surface area contributed by atoms with E-state index in [1.807, 2.05) is 0 Å². The number of benzene rings is 2. The summed E-state index contributed by atoms with van der Waals surface area (Å²) in [4.78, 5) is 46.2. The third kappa shape index (κ3) is 4.92. The molecular weight excluding hydrogens is 523 g/mol. The highest BCUT2D eigenvalue weighted by Gasteiger charge is 2.45. The number of ether oxygens (including phenoxy) is 2. The molecule has 202 valence electrons. The number of nitrogens with zero attached hydrogens (tertiary/aromatic N) is 2. The third-order valence-corrected chi connectivity index (χ3v) is 7.56. The van der Waals surface area contributed by atoms with E-state index in [2.05, 4.69) is 18.8 Å². The summed E-state index contributed by atoms with van der Waals surface area (Å²) in [5, 5.41) is 0.234. The van der Waals surface area contributed by atoms with E-state index in [0.29, 0.717) is 29.5 Å². The van der Waals surface area contributed by atoms with E-state index in [1.54, 1.807) is 38.1 Å². The van der Waals surface area contributed by atoms with Gasteiger partial charge in [-0.05, 0) is 62.1 Å². The van der Waals surface area contributed by atoms with Gasteiger partial charge >= 0.3 is 5.97 Å². The minimum absolute atomic E-state index is 0.0280. The van der Waals surface area contributed by atoms with Crippen LogP contribution in [0.5, 0.6) is 5.75 Å². The molecule has 1 aliphatic heterocycles. The van der Waals surface area contributed by atoms with Crippen molar-refractivity contribution in [2.24, 2.45) is 5.92 Å². The third-order valence-electron chi connectivity index (χ3n) is 6.42. The predicted octanol–water partition coefficient (Wildman–Crippen LogP) is 6.05. The Labute approximate surface area is 228 Å². The van der Waals surface area contributed by atoms with Crippen molar-refractivity contribution in [1.29, 1.82) is 0 Å². The molecule has 0 N–H and O–H groups in total. The van der Waals surface area contributed by atoms with Gasteiger partial charge < -0.3 is 13.9 Å². The van der Waals surface area contributed by atoms with Crippen LogP contribution >= 0.6 is 11.3 Å². The first-order valence-electron chi connectivity index (χ1n) is 12.7. The molecule has 0 aliphatic carbocycles. The summed E-state index contributed by atoms with van der Waals surface area (Å²) in [6.07, 6.45) is 0.858.